The van der Waals surface area contributed by atoms with E-state index in [1.54, 1.807) is 6.07 Å². The molecule has 1 aliphatic heterocycles. The van der Waals surface area contributed by atoms with Crippen molar-refractivity contribution < 1.29 is 9.90 Å². The Balaban J connectivity index is 2.31. The number of nitrogens with zero attached hydrogens (tertiary/aromatic N) is 2. The highest BCUT2D eigenvalue weighted by Crippen LogP contribution is 2.27. The molecule has 1 saturated heterocycles. The van der Waals surface area contributed by atoms with Crippen molar-refractivity contribution in [2.24, 2.45) is 0 Å². The number of hydrogen-bond acceptors (Lipinski definition) is 3. The molecule has 2 rings (SSSR count). The summed E-state index contributed by atoms with van der Waals surface area (Å²) in [6.45, 7) is 4.34. The summed E-state index contributed by atoms with van der Waals surface area (Å²) in [7, 11) is 0. The van der Waals surface area contributed by atoms with E-state index in [0.717, 1.165) is 18.7 Å². The molecule has 17 heavy (non-hydrogen) atoms. The SMILES string of the molecule is C[C@@H]1CCC[C@H](C)N1c1cccc(C(=O)O)n1. The van der Waals surface area contributed by atoms with Crippen LogP contribution in [0.15, 0.2) is 18.2 Å². The van der Waals surface area contributed by atoms with Crippen LogP contribution in [0.25, 0.3) is 0 Å². The highest BCUT2D eigenvalue weighted by Gasteiger charge is 2.26. The number of aromatic carboxylic acids is 1. The summed E-state index contributed by atoms with van der Waals surface area (Å²) in [5.41, 5.74) is 0.118. The van der Waals surface area contributed by atoms with Gasteiger partial charge in [0.2, 0.25) is 0 Å². The molecule has 0 saturated carbocycles. The van der Waals surface area contributed by atoms with Crippen molar-refractivity contribution in [3.63, 3.8) is 0 Å². The molecule has 4 heteroatoms. The summed E-state index contributed by atoms with van der Waals surface area (Å²) in [6, 6.07) is 6.04. The molecule has 1 N–H and O–H groups in total. The second-order valence-electron chi connectivity index (χ2n) is 4.72. The zero-order valence-electron chi connectivity index (χ0n) is 10.3. The van der Waals surface area contributed by atoms with Gasteiger partial charge in [0.25, 0.3) is 0 Å². The van der Waals surface area contributed by atoms with Gasteiger partial charge in [-0.15, -0.1) is 0 Å². The first-order chi connectivity index (χ1) is 8.09. The quantitative estimate of drug-likeness (QED) is 0.854. The van der Waals surface area contributed by atoms with Crippen LogP contribution < -0.4 is 4.90 Å². The first-order valence-electron chi connectivity index (χ1n) is 6.08. The minimum Gasteiger partial charge on any atom is -0.477 e. The molecule has 2 atom stereocenters. The van der Waals surface area contributed by atoms with Crippen molar-refractivity contribution in [3.05, 3.63) is 23.9 Å². The Hall–Kier alpha value is -1.58. The molecule has 0 radical (unpaired) electrons. The van der Waals surface area contributed by atoms with Gasteiger partial charge < -0.3 is 10.0 Å². The molecule has 0 unspecified atom stereocenters. The summed E-state index contributed by atoms with van der Waals surface area (Å²) in [4.78, 5) is 17.4. The van der Waals surface area contributed by atoms with E-state index in [-0.39, 0.29) is 5.69 Å². The number of anilines is 1. The van der Waals surface area contributed by atoms with Crippen LogP contribution in [0.3, 0.4) is 0 Å². The summed E-state index contributed by atoms with van der Waals surface area (Å²) in [6.07, 6.45) is 3.52. The van der Waals surface area contributed by atoms with Crippen LogP contribution in [0, 0.1) is 0 Å². The molecule has 1 aliphatic rings. The average molecular weight is 234 g/mol. The molecule has 0 amide bonds. The largest absolute Gasteiger partial charge is 0.477 e. The van der Waals surface area contributed by atoms with Gasteiger partial charge in [0, 0.05) is 12.1 Å². The molecule has 92 valence electrons. The van der Waals surface area contributed by atoms with Crippen molar-refractivity contribution >= 4 is 11.8 Å². The van der Waals surface area contributed by atoms with E-state index in [2.05, 4.69) is 23.7 Å². The Morgan fingerprint density at radius 3 is 2.59 bits per heavy atom. The van der Waals surface area contributed by atoms with Crippen LogP contribution in [-0.4, -0.2) is 28.1 Å². The molecule has 0 aromatic carbocycles. The lowest BCUT2D eigenvalue weighted by Crippen LogP contribution is -2.44. The fraction of sp³-hybridized carbons (Fsp3) is 0.538. The molecule has 1 aromatic rings. The Morgan fingerprint density at radius 2 is 2.00 bits per heavy atom. The Morgan fingerprint density at radius 1 is 1.35 bits per heavy atom. The predicted octanol–water partition coefficient (Wildman–Crippen LogP) is 2.55. The van der Waals surface area contributed by atoms with E-state index in [0.29, 0.717) is 12.1 Å². The van der Waals surface area contributed by atoms with Crippen LogP contribution >= 0.6 is 0 Å². The maximum absolute atomic E-state index is 10.9. The van der Waals surface area contributed by atoms with Crippen molar-refractivity contribution in [3.8, 4) is 0 Å². The summed E-state index contributed by atoms with van der Waals surface area (Å²) >= 11 is 0. The van der Waals surface area contributed by atoms with Crippen LogP contribution in [0.1, 0.15) is 43.6 Å². The first kappa shape index (κ1) is 11.9. The molecule has 4 nitrogen and oxygen atoms in total. The van der Waals surface area contributed by atoms with Gasteiger partial charge in [-0.2, -0.15) is 0 Å². The molecule has 1 fully saturated rings. The highest BCUT2D eigenvalue weighted by atomic mass is 16.4. The summed E-state index contributed by atoms with van der Waals surface area (Å²) < 4.78 is 0. The third-order valence-corrected chi connectivity index (χ3v) is 3.41. The van der Waals surface area contributed by atoms with Gasteiger partial charge in [-0.25, -0.2) is 9.78 Å². The number of pyridine rings is 1. The minimum atomic E-state index is -0.968. The standard InChI is InChI=1S/C13H18N2O2/c1-9-5-3-6-10(2)15(9)12-8-4-7-11(14-12)13(16)17/h4,7-10H,3,5-6H2,1-2H3,(H,16,17)/t9-,10+. The van der Waals surface area contributed by atoms with Crippen LogP contribution in [0.2, 0.25) is 0 Å². The fourth-order valence-electron chi connectivity index (χ4n) is 2.56. The van der Waals surface area contributed by atoms with Gasteiger partial charge >= 0.3 is 5.97 Å². The van der Waals surface area contributed by atoms with Crippen molar-refractivity contribution in [2.75, 3.05) is 4.90 Å². The predicted molar refractivity (Wildman–Crippen MR) is 66.5 cm³/mol. The minimum absolute atomic E-state index is 0.118. The number of carbonyl (C=O) groups is 1. The van der Waals surface area contributed by atoms with Gasteiger partial charge in [-0.1, -0.05) is 6.07 Å². The van der Waals surface area contributed by atoms with Crippen LogP contribution in [0.5, 0.6) is 0 Å². The maximum atomic E-state index is 10.9. The Bertz CT molecular complexity index is 410. The zero-order valence-corrected chi connectivity index (χ0v) is 10.3. The van der Waals surface area contributed by atoms with Gasteiger partial charge in [0.1, 0.15) is 5.82 Å². The van der Waals surface area contributed by atoms with Crippen molar-refractivity contribution in [1.29, 1.82) is 0 Å². The maximum Gasteiger partial charge on any atom is 0.354 e. The third-order valence-electron chi connectivity index (χ3n) is 3.41. The van der Waals surface area contributed by atoms with Crippen molar-refractivity contribution in [2.45, 2.75) is 45.2 Å². The number of rotatable bonds is 2. The van der Waals surface area contributed by atoms with E-state index in [1.165, 1.54) is 12.5 Å². The molecule has 2 heterocycles. The Kier molecular flexibility index (Phi) is 3.31. The summed E-state index contributed by atoms with van der Waals surface area (Å²) in [5, 5.41) is 8.96. The average Bonchev–Trinajstić information content (AvgIpc) is 2.29. The summed E-state index contributed by atoms with van der Waals surface area (Å²) in [5.74, 6) is -0.186. The van der Waals surface area contributed by atoms with Crippen molar-refractivity contribution in [1.82, 2.24) is 4.98 Å². The third kappa shape index (κ3) is 2.40. The van der Waals surface area contributed by atoms with Gasteiger partial charge in [-0.05, 0) is 45.2 Å². The molecule has 0 aliphatic carbocycles. The first-order valence-corrected chi connectivity index (χ1v) is 6.08. The highest BCUT2D eigenvalue weighted by molar-refractivity contribution is 5.85. The fourth-order valence-corrected chi connectivity index (χ4v) is 2.56. The lowest BCUT2D eigenvalue weighted by Gasteiger charge is -2.40. The Labute approximate surface area is 101 Å². The smallest absolute Gasteiger partial charge is 0.354 e. The van der Waals surface area contributed by atoms with E-state index in [9.17, 15) is 4.79 Å². The van der Waals surface area contributed by atoms with E-state index in [1.807, 2.05) is 6.07 Å². The molecule has 0 bridgehead atoms. The topological polar surface area (TPSA) is 53.4 Å². The van der Waals surface area contributed by atoms with Gasteiger partial charge in [0.05, 0.1) is 0 Å². The van der Waals surface area contributed by atoms with E-state index in [4.69, 9.17) is 5.11 Å². The van der Waals surface area contributed by atoms with Crippen LogP contribution in [-0.2, 0) is 0 Å². The lowest BCUT2D eigenvalue weighted by atomic mass is 9.97. The lowest BCUT2D eigenvalue weighted by molar-refractivity contribution is 0.0690. The number of carboxylic acids is 1. The van der Waals surface area contributed by atoms with E-state index >= 15 is 0 Å². The number of aromatic nitrogens is 1. The van der Waals surface area contributed by atoms with Crippen LogP contribution in [0.4, 0.5) is 5.82 Å². The van der Waals surface area contributed by atoms with Gasteiger partial charge in [-0.3, -0.25) is 0 Å². The number of hydrogen-bond donors (Lipinski definition) is 1. The second-order valence-corrected chi connectivity index (χ2v) is 4.72. The van der Waals surface area contributed by atoms with E-state index < -0.39 is 5.97 Å². The molecule has 0 spiro atoms. The molecular weight excluding hydrogens is 216 g/mol. The normalized spacial score (nSPS) is 24.7. The molecule has 1 aromatic heterocycles. The number of carboxylic acid groups (broad SMARTS) is 1. The zero-order chi connectivity index (χ0) is 12.4. The van der Waals surface area contributed by atoms with Gasteiger partial charge in [0.15, 0.2) is 5.69 Å². The number of piperidine rings is 1. The molecular formula is C13H18N2O2. The monoisotopic (exact) mass is 234 g/mol. The second kappa shape index (κ2) is 4.73.